The largest absolute Gasteiger partial charge is 0.207 e. The topological polar surface area (TPSA) is 0 Å². The van der Waals surface area contributed by atoms with Crippen molar-refractivity contribution in [1.82, 2.24) is 0 Å². The van der Waals surface area contributed by atoms with E-state index in [4.69, 9.17) is 11.6 Å². The maximum Gasteiger partial charge on any atom is 0.129 e. The van der Waals surface area contributed by atoms with Gasteiger partial charge in [0.05, 0.1) is 4.83 Å². The number of halogens is 3. The van der Waals surface area contributed by atoms with Gasteiger partial charge in [-0.25, -0.2) is 4.39 Å². The number of alkyl halides is 1. The monoisotopic (exact) mass is 368 g/mol. The van der Waals surface area contributed by atoms with Crippen LogP contribution in [0.15, 0.2) is 18.2 Å². The van der Waals surface area contributed by atoms with Gasteiger partial charge in [-0.1, -0.05) is 33.6 Å². The molecule has 0 N–H and O–H groups in total. The first kappa shape index (κ1) is 16.5. The van der Waals surface area contributed by atoms with Gasteiger partial charge in [-0.3, -0.25) is 0 Å². The number of rotatable bonds is 2. The molecule has 3 heteroatoms. The minimum Gasteiger partial charge on any atom is -0.207 e. The van der Waals surface area contributed by atoms with Crippen molar-refractivity contribution < 1.29 is 4.39 Å². The van der Waals surface area contributed by atoms with Crippen molar-refractivity contribution in [2.45, 2.75) is 39.4 Å². The van der Waals surface area contributed by atoms with Gasteiger partial charge >= 0.3 is 0 Å². The van der Waals surface area contributed by atoms with Crippen LogP contribution in [0.1, 0.15) is 43.8 Å². The summed E-state index contributed by atoms with van der Waals surface area (Å²) in [6.45, 7) is 10.6. The van der Waals surface area contributed by atoms with Gasteiger partial charge in [0.15, 0.2) is 0 Å². The smallest absolute Gasteiger partial charge is 0.129 e. The van der Waals surface area contributed by atoms with Gasteiger partial charge in [0.25, 0.3) is 0 Å². The summed E-state index contributed by atoms with van der Waals surface area (Å²) in [4.78, 5) is -0.173. The Morgan fingerprint density at radius 2 is 1.38 bits per heavy atom. The van der Waals surface area contributed by atoms with Gasteiger partial charge in [-0.15, -0.1) is 0 Å². The van der Waals surface area contributed by atoms with Gasteiger partial charge < -0.3 is 0 Å². The Balaban J connectivity index is 2.66. The molecule has 1 atom stereocenters. The van der Waals surface area contributed by atoms with E-state index in [0.717, 1.165) is 5.56 Å². The van der Waals surface area contributed by atoms with Gasteiger partial charge in [-0.2, -0.15) is 0 Å². The van der Waals surface area contributed by atoms with E-state index < -0.39 is 0 Å². The standard InChI is InChI=1S/C18H19BrClF/c1-9-10(2)12(4)17(13(5)11(9)3)18(19)15-7-6-14(20)8-16(15)21/h6-8,18H,1-5H3. The summed E-state index contributed by atoms with van der Waals surface area (Å²) < 4.78 is 14.2. The van der Waals surface area contributed by atoms with Crippen LogP contribution in [0.25, 0.3) is 0 Å². The molecule has 0 saturated heterocycles. The molecule has 0 heterocycles. The molecule has 2 rings (SSSR count). The minimum atomic E-state index is -0.279. The Labute approximate surface area is 139 Å². The molecule has 0 spiro atoms. The SMILES string of the molecule is Cc1c(C)c(C)c(C(Br)c2ccc(Cl)cc2F)c(C)c1C. The van der Waals surface area contributed by atoms with E-state index in [9.17, 15) is 4.39 Å². The van der Waals surface area contributed by atoms with Crippen molar-refractivity contribution in [3.05, 3.63) is 68.0 Å². The van der Waals surface area contributed by atoms with Crippen LogP contribution >= 0.6 is 27.5 Å². The summed E-state index contributed by atoms with van der Waals surface area (Å²) >= 11 is 9.53. The lowest BCUT2D eigenvalue weighted by atomic mass is 9.86. The highest BCUT2D eigenvalue weighted by atomic mass is 79.9. The fraction of sp³-hybridized carbons (Fsp3) is 0.333. The van der Waals surface area contributed by atoms with Crippen LogP contribution in [0.3, 0.4) is 0 Å². The summed E-state index contributed by atoms with van der Waals surface area (Å²) in [7, 11) is 0. The zero-order valence-corrected chi connectivity index (χ0v) is 15.3. The van der Waals surface area contributed by atoms with Crippen LogP contribution in [0, 0.1) is 40.4 Å². The summed E-state index contributed by atoms with van der Waals surface area (Å²) in [5.41, 5.74) is 8.05. The molecule has 21 heavy (non-hydrogen) atoms. The van der Waals surface area contributed by atoms with Crippen LogP contribution in [-0.4, -0.2) is 0 Å². The first-order valence-corrected chi connectivity index (χ1v) is 8.21. The Kier molecular flexibility index (Phi) is 4.79. The van der Waals surface area contributed by atoms with Crippen molar-refractivity contribution in [3.63, 3.8) is 0 Å². The molecule has 112 valence electrons. The Hall–Kier alpha value is -0.860. The van der Waals surface area contributed by atoms with Crippen LogP contribution in [0.5, 0.6) is 0 Å². The lowest BCUT2D eigenvalue weighted by Gasteiger charge is -2.23. The van der Waals surface area contributed by atoms with Crippen LogP contribution in [0.4, 0.5) is 4.39 Å². The second-order valence-electron chi connectivity index (χ2n) is 5.57. The van der Waals surface area contributed by atoms with Crippen LogP contribution in [-0.2, 0) is 0 Å². The maximum absolute atomic E-state index is 14.2. The van der Waals surface area contributed by atoms with Crippen molar-refractivity contribution in [2.24, 2.45) is 0 Å². The van der Waals surface area contributed by atoms with Gasteiger partial charge in [0.1, 0.15) is 5.82 Å². The molecule has 0 aliphatic carbocycles. The number of benzene rings is 2. The average molecular weight is 370 g/mol. The third-order valence-electron chi connectivity index (χ3n) is 4.55. The molecule has 0 saturated carbocycles. The van der Waals surface area contributed by atoms with Crippen LogP contribution < -0.4 is 0 Å². The second kappa shape index (κ2) is 6.10. The molecular weight excluding hydrogens is 351 g/mol. The molecule has 0 radical (unpaired) electrons. The molecule has 0 aromatic heterocycles. The third-order valence-corrected chi connectivity index (χ3v) is 5.73. The maximum atomic E-state index is 14.2. The van der Waals surface area contributed by atoms with E-state index in [1.807, 2.05) is 0 Å². The highest BCUT2D eigenvalue weighted by molar-refractivity contribution is 9.09. The lowest BCUT2D eigenvalue weighted by molar-refractivity contribution is 0.613. The number of hydrogen-bond donors (Lipinski definition) is 0. The van der Waals surface area contributed by atoms with Gasteiger partial charge in [0.2, 0.25) is 0 Å². The first-order valence-electron chi connectivity index (χ1n) is 6.91. The summed E-state index contributed by atoms with van der Waals surface area (Å²) in [5, 5.41) is 0.417. The van der Waals surface area contributed by atoms with E-state index in [2.05, 4.69) is 50.5 Å². The number of hydrogen-bond acceptors (Lipinski definition) is 0. The third kappa shape index (κ3) is 2.89. The normalized spacial score (nSPS) is 12.6. The fourth-order valence-corrected chi connectivity index (χ4v) is 3.99. The van der Waals surface area contributed by atoms with E-state index in [1.54, 1.807) is 12.1 Å². The Bertz CT molecular complexity index is 678. The molecule has 2 aromatic carbocycles. The highest BCUT2D eigenvalue weighted by Crippen LogP contribution is 2.39. The van der Waals surface area contributed by atoms with E-state index in [1.165, 1.54) is 33.9 Å². The molecule has 0 amide bonds. The fourth-order valence-electron chi connectivity index (χ4n) is 2.77. The average Bonchev–Trinajstić information content (AvgIpc) is 2.43. The van der Waals surface area contributed by atoms with Crippen LogP contribution in [0.2, 0.25) is 5.02 Å². The van der Waals surface area contributed by atoms with E-state index >= 15 is 0 Å². The zero-order chi connectivity index (χ0) is 15.9. The van der Waals surface area contributed by atoms with E-state index in [0.29, 0.717) is 10.6 Å². The molecule has 0 fully saturated rings. The predicted octanol–water partition coefficient (Wildman–Crippen LogP) is 6.51. The molecule has 0 nitrogen and oxygen atoms in total. The molecule has 1 unspecified atom stereocenters. The van der Waals surface area contributed by atoms with Gasteiger partial charge in [0, 0.05) is 10.6 Å². The highest BCUT2D eigenvalue weighted by Gasteiger charge is 2.22. The molecule has 2 aromatic rings. The molecule has 0 aliphatic heterocycles. The Morgan fingerprint density at radius 3 is 1.86 bits per heavy atom. The quantitative estimate of drug-likeness (QED) is 0.530. The van der Waals surface area contributed by atoms with Crippen molar-refractivity contribution >= 4 is 27.5 Å². The first-order chi connectivity index (χ1) is 9.75. The zero-order valence-electron chi connectivity index (χ0n) is 12.9. The van der Waals surface area contributed by atoms with Crippen molar-refractivity contribution in [2.75, 3.05) is 0 Å². The van der Waals surface area contributed by atoms with Crippen molar-refractivity contribution in [3.8, 4) is 0 Å². The van der Waals surface area contributed by atoms with Gasteiger partial charge in [-0.05, 0) is 80.1 Å². The summed E-state index contributed by atoms with van der Waals surface area (Å²) in [5.74, 6) is -0.279. The molecule has 0 bridgehead atoms. The minimum absolute atomic E-state index is 0.173. The lowest BCUT2D eigenvalue weighted by Crippen LogP contribution is -2.07. The second-order valence-corrected chi connectivity index (χ2v) is 6.92. The summed E-state index contributed by atoms with van der Waals surface area (Å²) in [6.07, 6.45) is 0. The molecule has 0 aliphatic rings. The van der Waals surface area contributed by atoms with E-state index in [-0.39, 0.29) is 10.6 Å². The predicted molar refractivity (Wildman–Crippen MR) is 92.3 cm³/mol. The Morgan fingerprint density at radius 1 is 0.905 bits per heavy atom. The summed E-state index contributed by atoms with van der Waals surface area (Å²) in [6, 6.07) is 4.84. The molecular formula is C18H19BrClF. The van der Waals surface area contributed by atoms with Crippen molar-refractivity contribution in [1.29, 1.82) is 0 Å².